The van der Waals surface area contributed by atoms with Crippen molar-refractivity contribution < 1.29 is 8.42 Å². The van der Waals surface area contributed by atoms with E-state index in [1.807, 2.05) is 0 Å². The number of halogens is 3. The maximum atomic E-state index is 12.4. The first-order valence-corrected chi connectivity index (χ1v) is 8.09. The summed E-state index contributed by atoms with van der Waals surface area (Å²) in [6, 6.07) is 5.19. The van der Waals surface area contributed by atoms with Crippen molar-refractivity contribution in [2.75, 3.05) is 20.1 Å². The molecule has 1 saturated heterocycles. The first-order chi connectivity index (χ1) is 7.93. The third kappa shape index (κ3) is 3.08. The van der Waals surface area contributed by atoms with E-state index in [0.29, 0.717) is 22.5 Å². The van der Waals surface area contributed by atoms with Gasteiger partial charge in [0.05, 0.1) is 4.90 Å². The van der Waals surface area contributed by atoms with Gasteiger partial charge in [-0.3, -0.25) is 0 Å². The fourth-order valence-electron chi connectivity index (χ4n) is 1.56. The van der Waals surface area contributed by atoms with Crippen molar-refractivity contribution in [1.29, 1.82) is 0 Å². The first-order valence-electron chi connectivity index (χ1n) is 5.07. The fraction of sp³-hybridized carbons (Fsp3) is 0.400. The predicted molar refractivity (Wildman–Crippen MR) is 80.7 cm³/mol. The van der Waals surface area contributed by atoms with Crippen LogP contribution in [0.4, 0.5) is 0 Å². The van der Waals surface area contributed by atoms with Crippen LogP contribution in [0.25, 0.3) is 0 Å². The Bertz CT molecular complexity index is 535. The average Bonchev–Trinajstić information content (AvgIpc) is 2.19. The molecule has 18 heavy (non-hydrogen) atoms. The number of hydrogen-bond donors (Lipinski definition) is 1. The van der Waals surface area contributed by atoms with Gasteiger partial charge in [-0.2, -0.15) is 4.31 Å². The third-order valence-corrected chi connectivity index (χ3v) is 6.22. The summed E-state index contributed by atoms with van der Waals surface area (Å²) in [5.41, 5.74) is 0. The maximum Gasteiger partial charge on any atom is 0.244 e. The number of hydrogen-bond acceptors (Lipinski definition) is 3. The second-order valence-corrected chi connectivity index (χ2v) is 7.64. The van der Waals surface area contributed by atoms with Gasteiger partial charge in [0.1, 0.15) is 0 Å². The molecule has 1 heterocycles. The highest BCUT2D eigenvalue weighted by Gasteiger charge is 2.32. The van der Waals surface area contributed by atoms with Gasteiger partial charge in [0.2, 0.25) is 10.0 Å². The second-order valence-electron chi connectivity index (χ2n) is 3.91. The summed E-state index contributed by atoms with van der Waals surface area (Å²) in [6.07, 6.45) is 0. The van der Waals surface area contributed by atoms with Gasteiger partial charge in [0, 0.05) is 35.1 Å². The quantitative estimate of drug-likeness (QED) is 0.816. The minimum Gasteiger partial charge on any atom is -0.313 e. The highest BCUT2D eigenvalue weighted by Crippen LogP contribution is 2.28. The molecule has 1 aliphatic heterocycles. The van der Waals surface area contributed by atoms with Crippen LogP contribution in [0.15, 0.2) is 32.0 Å². The molecule has 0 radical (unpaired) electrons. The van der Waals surface area contributed by atoms with Crippen molar-refractivity contribution in [2.45, 2.75) is 10.9 Å². The number of nitrogens with zero attached hydrogens (tertiary/aromatic N) is 1. The van der Waals surface area contributed by atoms with E-state index in [1.54, 1.807) is 25.2 Å². The van der Waals surface area contributed by atoms with Crippen molar-refractivity contribution >= 4 is 54.3 Å². The molecule has 1 aromatic rings. The lowest BCUT2D eigenvalue weighted by Gasteiger charge is -2.34. The molecule has 8 heteroatoms. The molecular weight excluding hydrogens is 407 g/mol. The molecule has 102 valence electrons. The van der Waals surface area contributed by atoms with E-state index in [1.165, 1.54) is 4.31 Å². The molecule has 0 spiro atoms. The summed E-state index contributed by atoms with van der Waals surface area (Å²) < 4.78 is 27.5. The van der Waals surface area contributed by atoms with Crippen LogP contribution in [0.1, 0.15) is 0 Å². The van der Waals surface area contributed by atoms with Crippen molar-refractivity contribution in [3.63, 3.8) is 0 Å². The zero-order valence-corrected chi connectivity index (χ0v) is 14.4. The van der Waals surface area contributed by atoms with Gasteiger partial charge >= 0.3 is 0 Å². The lowest BCUT2D eigenvalue weighted by molar-refractivity contribution is 0.274. The Labute approximate surface area is 130 Å². The van der Waals surface area contributed by atoms with Gasteiger partial charge in [-0.25, -0.2) is 8.42 Å². The summed E-state index contributed by atoms with van der Waals surface area (Å²) in [5, 5.41) is 3.06. The molecule has 4 nitrogen and oxygen atoms in total. The number of sulfonamides is 1. The maximum absolute atomic E-state index is 12.4. The van der Waals surface area contributed by atoms with Crippen LogP contribution in [0, 0.1) is 0 Å². The molecule has 0 amide bonds. The van der Waals surface area contributed by atoms with Crippen molar-refractivity contribution in [1.82, 2.24) is 9.62 Å². The molecule has 1 aromatic carbocycles. The molecule has 2 rings (SSSR count). The molecule has 0 unspecified atom stereocenters. The van der Waals surface area contributed by atoms with Crippen LogP contribution in [0.2, 0.25) is 0 Å². The SMILES string of the molecule is CN(C1CNC1)S(=O)(=O)c1cc(Br)ccc1Br.Cl. The van der Waals surface area contributed by atoms with Crippen molar-refractivity contribution in [3.8, 4) is 0 Å². The first kappa shape index (κ1) is 16.4. The van der Waals surface area contributed by atoms with Crippen LogP contribution < -0.4 is 5.32 Å². The third-order valence-electron chi connectivity index (χ3n) is 2.82. The summed E-state index contributed by atoms with van der Waals surface area (Å²) in [7, 11) is -1.82. The Hall–Kier alpha value is 0.340. The average molecular weight is 421 g/mol. The molecule has 0 saturated carbocycles. The van der Waals surface area contributed by atoms with E-state index in [9.17, 15) is 8.42 Å². The number of likely N-dealkylation sites (N-methyl/N-ethyl adjacent to an activating group) is 1. The number of benzene rings is 1. The van der Waals surface area contributed by atoms with E-state index in [2.05, 4.69) is 37.2 Å². The molecule has 0 aliphatic carbocycles. The number of rotatable bonds is 3. The molecule has 0 aromatic heterocycles. The fourth-order valence-corrected chi connectivity index (χ4v) is 4.37. The minimum absolute atomic E-state index is 0. The predicted octanol–water partition coefficient (Wildman–Crippen LogP) is 2.23. The van der Waals surface area contributed by atoms with Crippen LogP contribution >= 0.6 is 44.3 Å². The largest absolute Gasteiger partial charge is 0.313 e. The Morgan fingerprint density at radius 3 is 2.44 bits per heavy atom. The molecular formula is C10H13Br2ClN2O2S. The zero-order valence-electron chi connectivity index (χ0n) is 9.56. The number of nitrogens with one attached hydrogen (secondary N) is 1. The van der Waals surface area contributed by atoms with Crippen LogP contribution in [0.3, 0.4) is 0 Å². The summed E-state index contributed by atoms with van der Waals surface area (Å²) in [5.74, 6) is 0. The lowest BCUT2D eigenvalue weighted by Crippen LogP contribution is -2.57. The Balaban J connectivity index is 0.00000162. The summed E-state index contributed by atoms with van der Waals surface area (Å²) in [4.78, 5) is 0.293. The minimum atomic E-state index is -3.44. The van der Waals surface area contributed by atoms with E-state index in [4.69, 9.17) is 0 Å². The zero-order chi connectivity index (χ0) is 12.6. The van der Waals surface area contributed by atoms with E-state index < -0.39 is 10.0 Å². The summed E-state index contributed by atoms with van der Waals surface area (Å²) >= 11 is 6.57. The molecule has 1 fully saturated rings. The molecule has 0 atom stereocenters. The van der Waals surface area contributed by atoms with Crippen molar-refractivity contribution in [3.05, 3.63) is 27.1 Å². The highest BCUT2D eigenvalue weighted by atomic mass is 79.9. The molecule has 0 bridgehead atoms. The van der Waals surface area contributed by atoms with Crippen LogP contribution in [-0.4, -0.2) is 38.9 Å². The Morgan fingerprint density at radius 1 is 1.33 bits per heavy atom. The Kier molecular flexibility index (Phi) is 5.64. The smallest absolute Gasteiger partial charge is 0.244 e. The van der Waals surface area contributed by atoms with Gasteiger partial charge in [0.25, 0.3) is 0 Å². The normalized spacial score (nSPS) is 16.2. The van der Waals surface area contributed by atoms with Gasteiger partial charge < -0.3 is 5.32 Å². The Morgan fingerprint density at radius 2 is 1.94 bits per heavy atom. The molecule has 1 N–H and O–H groups in total. The van der Waals surface area contributed by atoms with E-state index >= 15 is 0 Å². The monoisotopic (exact) mass is 418 g/mol. The van der Waals surface area contributed by atoms with Crippen LogP contribution in [0.5, 0.6) is 0 Å². The van der Waals surface area contributed by atoms with E-state index in [0.717, 1.165) is 4.47 Å². The van der Waals surface area contributed by atoms with Crippen molar-refractivity contribution in [2.24, 2.45) is 0 Å². The van der Waals surface area contributed by atoms with Gasteiger partial charge in [-0.05, 0) is 34.1 Å². The standard InChI is InChI=1S/C10H12Br2N2O2S.ClH/c1-14(8-5-13-6-8)17(15,16)10-4-7(11)2-3-9(10)12;/h2-4,8,13H,5-6H2,1H3;1H. The van der Waals surface area contributed by atoms with Gasteiger partial charge in [-0.15, -0.1) is 12.4 Å². The lowest BCUT2D eigenvalue weighted by atomic mass is 10.2. The van der Waals surface area contributed by atoms with Crippen LogP contribution in [-0.2, 0) is 10.0 Å². The topological polar surface area (TPSA) is 49.4 Å². The van der Waals surface area contributed by atoms with Gasteiger partial charge in [-0.1, -0.05) is 15.9 Å². The highest BCUT2D eigenvalue weighted by molar-refractivity contribution is 9.11. The molecule has 1 aliphatic rings. The van der Waals surface area contributed by atoms with Gasteiger partial charge in [0.15, 0.2) is 0 Å². The second kappa shape index (κ2) is 6.19. The summed E-state index contributed by atoms with van der Waals surface area (Å²) in [6.45, 7) is 1.42. The van der Waals surface area contributed by atoms with E-state index in [-0.39, 0.29) is 18.4 Å².